The molecule has 0 rings (SSSR count). The van der Waals surface area contributed by atoms with Crippen molar-refractivity contribution in [1.82, 2.24) is 0 Å². The van der Waals surface area contributed by atoms with Crippen LogP contribution >= 0.6 is 0 Å². The van der Waals surface area contributed by atoms with Crippen molar-refractivity contribution in [3.8, 4) is 0 Å². The Labute approximate surface area is 364 Å². The zero-order chi connectivity index (χ0) is 43.0. The van der Waals surface area contributed by atoms with Crippen LogP contribution in [0.2, 0.25) is 0 Å². The summed E-state index contributed by atoms with van der Waals surface area (Å²) in [5.74, 6) is -0.965. The van der Waals surface area contributed by atoms with E-state index in [1.807, 2.05) is 0 Å². The van der Waals surface area contributed by atoms with Gasteiger partial charge in [0.2, 0.25) is 0 Å². The van der Waals surface area contributed by atoms with Gasteiger partial charge in [0.1, 0.15) is 13.2 Å². The molecule has 0 saturated carbocycles. The highest BCUT2D eigenvalue weighted by atomic mass is 16.6. The van der Waals surface area contributed by atoms with Gasteiger partial charge in [-0.3, -0.25) is 14.4 Å². The van der Waals surface area contributed by atoms with Crippen LogP contribution in [-0.2, 0) is 28.6 Å². The molecule has 6 heteroatoms. The Balaban J connectivity index is 4.24. The first-order chi connectivity index (χ1) is 29.0. The van der Waals surface area contributed by atoms with E-state index in [2.05, 4.69) is 81.5 Å². The third-order valence-corrected chi connectivity index (χ3v) is 10.5. The Morgan fingerprint density at radius 3 is 1.02 bits per heavy atom. The summed E-state index contributed by atoms with van der Waals surface area (Å²) in [7, 11) is 0. The fraction of sp³-hybridized carbons (Fsp3) is 0.755. The van der Waals surface area contributed by atoms with Gasteiger partial charge >= 0.3 is 17.9 Å². The maximum atomic E-state index is 12.7. The second kappa shape index (κ2) is 47.8. The van der Waals surface area contributed by atoms with Gasteiger partial charge in [0.15, 0.2) is 6.10 Å². The van der Waals surface area contributed by atoms with Crippen LogP contribution in [0.1, 0.15) is 239 Å². The second-order valence-corrected chi connectivity index (χ2v) is 16.4. The Bertz CT molecular complexity index is 1090. The monoisotopic (exact) mass is 825 g/mol. The summed E-state index contributed by atoms with van der Waals surface area (Å²) in [5, 5.41) is 0. The standard InChI is InChI=1S/C53H92O6/c1-4-7-10-13-15-17-19-21-23-25-26-28-29-31-33-35-37-40-43-46-52(55)58-49-50(48-57-51(54)45-42-39-12-9-6-3)59-53(56)47-44-41-38-36-34-32-30-27-24-22-20-18-16-14-11-8-5-2/h8,11,16,18,22,24,30,32,36,38,50H,4-7,9-10,12-15,17,19-21,23,25-29,31,33-35,37,39-49H2,1-3H3/b11-8-,18-16-,24-22-,32-30-,38-36-. The molecule has 0 N–H and O–H groups in total. The third-order valence-electron chi connectivity index (χ3n) is 10.5. The predicted octanol–water partition coefficient (Wildman–Crippen LogP) is 16.1. The van der Waals surface area contributed by atoms with E-state index in [1.165, 1.54) is 109 Å². The zero-order valence-corrected chi connectivity index (χ0v) is 38.8. The topological polar surface area (TPSA) is 78.9 Å². The molecular formula is C53H92O6. The van der Waals surface area contributed by atoms with Crippen molar-refractivity contribution in [1.29, 1.82) is 0 Å². The zero-order valence-electron chi connectivity index (χ0n) is 38.8. The molecule has 0 heterocycles. The molecule has 0 aliphatic carbocycles. The quantitative estimate of drug-likeness (QED) is 0.0263. The predicted molar refractivity (Wildman–Crippen MR) is 251 cm³/mol. The van der Waals surface area contributed by atoms with Gasteiger partial charge in [-0.15, -0.1) is 0 Å². The number of ether oxygens (including phenoxy) is 3. The molecular weight excluding hydrogens is 733 g/mol. The molecule has 0 aromatic rings. The number of esters is 3. The van der Waals surface area contributed by atoms with Crippen LogP contribution in [-0.4, -0.2) is 37.2 Å². The lowest BCUT2D eigenvalue weighted by Gasteiger charge is -2.18. The van der Waals surface area contributed by atoms with E-state index in [-0.39, 0.29) is 37.5 Å². The molecule has 0 amide bonds. The molecule has 340 valence electrons. The summed E-state index contributed by atoms with van der Waals surface area (Å²) < 4.78 is 16.6. The maximum absolute atomic E-state index is 12.7. The van der Waals surface area contributed by atoms with Crippen LogP contribution < -0.4 is 0 Å². The molecule has 6 nitrogen and oxygen atoms in total. The van der Waals surface area contributed by atoms with E-state index in [0.29, 0.717) is 19.3 Å². The molecule has 0 saturated heterocycles. The van der Waals surface area contributed by atoms with Crippen molar-refractivity contribution in [3.63, 3.8) is 0 Å². The lowest BCUT2D eigenvalue weighted by Crippen LogP contribution is -2.30. The molecule has 0 bridgehead atoms. The molecule has 0 aromatic carbocycles. The first kappa shape index (κ1) is 56.1. The first-order valence-corrected chi connectivity index (χ1v) is 24.8. The number of hydrogen-bond acceptors (Lipinski definition) is 6. The SMILES string of the molecule is CC/C=C\C/C=C\C/C=C\C/C=C\C/C=C\CCCC(=O)OC(COC(=O)CCCCCCC)COC(=O)CCCCCCCCCCCCCCCCCCCCC. The molecule has 0 aliphatic heterocycles. The Hall–Kier alpha value is -2.89. The number of allylic oxidation sites excluding steroid dienone is 10. The van der Waals surface area contributed by atoms with Crippen LogP contribution in [0, 0.1) is 0 Å². The van der Waals surface area contributed by atoms with Gasteiger partial charge < -0.3 is 14.2 Å². The highest BCUT2D eigenvalue weighted by molar-refractivity contribution is 5.71. The minimum Gasteiger partial charge on any atom is -0.462 e. The van der Waals surface area contributed by atoms with E-state index in [0.717, 1.165) is 83.5 Å². The van der Waals surface area contributed by atoms with Crippen LogP contribution in [0.5, 0.6) is 0 Å². The molecule has 0 aliphatic rings. The van der Waals surface area contributed by atoms with E-state index >= 15 is 0 Å². The molecule has 1 unspecified atom stereocenters. The molecule has 0 aromatic heterocycles. The lowest BCUT2D eigenvalue weighted by atomic mass is 10.0. The van der Waals surface area contributed by atoms with Crippen molar-refractivity contribution < 1.29 is 28.6 Å². The van der Waals surface area contributed by atoms with Gasteiger partial charge in [0.25, 0.3) is 0 Å². The summed E-state index contributed by atoms with van der Waals surface area (Å²) in [6, 6.07) is 0. The normalized spacial score (nSPS) is 12.5. The summed E-state index contributed by atoms with van der Waals surface area (Å²) in [6.07, 6.45) is 58.2. The summed E-state index contributed by atoms with van der Waals surface area (Å²) >= 11 is 0. The Kier molecular flexibility index (Phi) is 45.4. The van der Waals surface area contributed by atoms with Gasteiger partial charge in [-0.25, -0.2) is 0 Å². The van der Waals surface area contributed by atoms with Crippen molar-refractivity contribution in [2.45, 2.75) is 245 Å². The summed E-state index contributed by atoms with van der Waals surface area (Å²) in [5.41, 5.74) is 0. The first-order valence-electron chi connectivity index (χ1n) is 24.8. The van der Waals surface area contributed by atoms with Crippen molar-refractivity contribution in [2.24, 2.45) is 0 Å². The van der Waals surface area contributed by atoms with Gasteiger partial charge in [-0.2, -0.15) is 0 Å². The van der Waals surface area contributed by atoms with Crippen LogP contribution in [0.4, 0.5) is 0 Å². The van der Waals surface area contributed by atoms with Crippen molar-refractivity contribution >= 4 is 17.9 Å². The average molecular weight is 825 g/mol. The molecule has 0 fully saturated rings. The number of hydrogen-bond donors (Lipinski definition) is 0. The number of unbranched alkanes of at least 4 members (excludes halogenated alkanes) is 23. The number of carbonyl (C=O) groups is 3. The van der Waals surface area contributed by atoms with Crippen molar-refractivity contribution in [2.75, 3.05) is 13.2 Å². The smallest absolute Gasteiger partial charge is 0.306 e. The Morgan fingerprint density at radius 2 is 0.661 bits per heavy atom. The average Bonchev–Trinajstić information content (AvgIpc) is 3.23. The minimum absolute atomic E-state index is 0.0950. The maximum Gasteiger partial charge on any atom is 0.306 e. The van der Waals surface area contributed by atoms with Crippen molar-refractivity contribution in [3.05, 3.63) is 60.8 Å². The summed E-state index contributed by atoms with van der Waals surface area (Å²) in [6.45, 7) is 6.40. The van der Waals surface area contributed by atoms with Crippen LogP contribution in [0.15, 0.2) is 60.8 Å². The minimum atomic E-state index is -0.797. The lowest BCUT2D eigenvalue weighted by molar-refractivity contribution is -0.167. The highest BCUT2D eigenvalue weighted by Crippen LogP contribution is 2.15. The second-order valence-electron chi connectivity index (χ2n) is 16.4. The van der Waals surface area contributed by atoms with Gasteiger partial charge in [0.05, 0.1) is 0 Å². The van der Waals surface area contributed by atoms with E-state index < -0.39 is 6.10 Å². The van der Waals surface area contributed by atoms with Gasteiger partial charge in [-0.1, -0.05) is 223 Å². The van der Waals surface area contributed by atoms with E-state index in [4.69, 9.17) is 14.2 Å². The number of rotatable bonds is 44. The van der Waals surface area contributed by atoms with Gasteiger partial charge in [-0.05, 0) is 57.8 Å². The van der Waals surface area contributed by atoms with Crippen LogP contribution in [0.25, 0.3) is 0 Å². The van der Waals surface area contributed by atoms with Crippen LogP contribution in [0.3, 0.4) is 0 Å². The number of carbonyl (C=O) groups excluding carboxylic acids is 3. The molecule has 0 spiro atoms. The Morgan fingerprint density at radius 1 is 0.356 bits per heavy atom. The summed E-state index contributed by atoms with van der Waals surface area (Å²) in [4.78, 5) is 37.6. The van der Waals surface area contributed by atoms with Gasteiger partial charge in [0, 0.05) is 19.3 Å². The van der Waals surface area contributed by atoms with E-state index in [9.17, 15) is 14.4 Å². The highest BCUT2D eigenvalue weighted by Gasteiger charge is 2.19. The third kappa shape index (κ3) is 46.0. The van der Waals surface area contributed by atoms with E-state index in [1.54, 1.807) is 0 Å². The molecule has 1 atom stereocenters. The molecule has 0 radical (unpaired) electrons. The largest absolute Gasteiger partial charge is 0.462 e. The fourth-order valence-corrected chi connectivity index (χ4v) is 6.83. The fourth-order valence-electron chi connectivity index (χ4n) is 6.83. The molecule has 59 heavy (non-hydrogen) atoms.